The summed E-state index contributed by atoms with van der Waals surface area (Å²) >= 11 is 0. The molecule has 0 aliphatic rings. The molecule has 2 rings (SSSR count). The van der Waals surface area contributed by atoms with Crippen LogP contribution in [0.25, 0.3) is 0 Å². The summed E-state index contributed by atoms with van der Waals surface area (Å²) in [6.07, 6.45) is 4.02. The number of nitrogens with two attached hydrogens (primary N) is 1. The summed E-state index contributed by atoms with van der Waals surface area (Å²) in [6, 6.07) is 7.40. The summed E-state index contributed by atoms with van der Waals surface area (Å²) in [7, 11) is -3.19. The number of nitrogens with zero attached hydrogens (tertiary/aromatic N) is 2. The molecule has 17 heavy (non-hydrogen) atoms. The molecule has 6 heteroatoms. The van der Waals surface area contributed by atoms with Crippen molar-refractivity contribution < 1.29 is 8.42 Å². The van der Waals surface area contributed by atoms with Gasteiger partial charge in [0.05, 0.1) is 12.7 Å². The highest BCUT2D eigenvalue weighted by Gasteiger charge is 2.09. The van der Waals surface area contributed by atoms with Crippen molar-refractivity contribution in [1.29, 1.82) is 0 Å². The van der Waals surface area contributed by atoms with E-state index in [1.54, 1.807) is 10.7 Å². The van der Waals surface area contributed by atoms with Crippen LogP contribution in [0.2, 0.25) is 0 Å². The Bertz CT molecular complexity index is 632. The van der Waals surface area contributed by atoms with Crippen molar-refractivity contribution >= 4 is 15.5 Å². The average Bonchev–Trinajstić information content (AvgIpc) is 2.65. The lowest BCUT2D eigenvalue weighted by Crippen LogP contribution is -2.01. The van der Waals surface area contributed by atoms with E-state index in [9.17, 15) is 8.42 Å². The number of hydrogen-bond donors (Lipinski definition) is 1. The molecule has 0 fully saturated rings. The molecule has 1 heterocycles. The lowest BCUT2D eigenvalue weighted by Gasteiger charge is -2.02. The van der Waals surface area contributed by atoms with E-state index in [1.807, 2.05) is 18.2 Å². The zero-order valence-corrected chi connectivity index (χ0v) is 10.2. The molecule has 1 aromatic heterocycles. The van der Waals surface area contributed by atoms with Crippen molar-refractivity contribution in [2.24, 2.45) is 0 Å². The third-order valence-electron chi connectivity index (χ3n) is 2.33. The lowest BCUT2D eigenvalue weighted by molar-refractivity contribution is 0.601. The van der Waals surface area contributed by atoms with Gasteiger partial charge in [-0.3, -0.25) is 4.68 Å². The van der Waals surface area contributed by atoms with Crippen molar-refractivity contribution in [1.82, 2.24) is 9.78 Å². The van der Waals surface area contributed by atoms with Crippen LogP contribution in [-0.4, -0.2) is 24.5 Å². The number of hydrogen-bond acceptors (Lipinski definition) is 4. The quantitative estimate of drug-likeness (QED) is 0.823. The average molecular weight is 251 g/mol. The molecule has 90 valence electrons. The maximum absolute atomic E-state index is 11.3. The standard InChI is InChI=1S/C11H13N3O2S/c1-17(15,16)11-6-13-14(8-11)7-9-3-2-4-10(12)5-9/h2-6,8H,7,12H2,1H3. The number of nitrogen functional groups attached to an aromatic ring is 1. The van der Waals surface area contributed by atoms with Gasteiger partial charge >= 0.3 is 0 Å². The second kappa shape index (κ2) is 4.21. The first kappa shape index (κ1) is 11.7. The zero-order valence-electron chi connectivity index (χ0n) is 9.37. The van der Waals surface area contributed by atoms with Gasteiger partial charge in [0.1, 0.15) is 4.90 Å². The Kier molecular flexibility index (Phi) is 2.89. The van der Waals surface area contributed by atoms with Crippen LogP contribution in [0.4, 0.5) is 5.69 Å². The van der Waals surface area contributed by atoms with Crippen LogP contribution >= 0.6 is 0 Å². The maximum Gasteiger partial charge on any atom is 0.178 e. The fourth-order valence-corrected chi connectivity index (χ4v) is 2.05. The molecule has 5 nitrogen and oxygen atoms in total. The van der Waals surface area contributed by atoms with E-state index < -0.39 is 9.84 Å². The Morgan fingerprint density at radius 3 is 2.76 bits per heavy atom. The third-order valence-corrected chi connectivity index (χ3v) is 3.40. The van der Waals surface area contributed by atoms with Crippen molar-refractivity contribution in [2.75, 3.05) is 12.0 Å². The molecule has 0 atom stereocenters. The second-order valence-electron chi connectivity index (χ2n) is 3.89. The van der Waals surface area contributed by atoms with Crippen LogP contribution in [-0.2, 0) is 16.4 Å². The van der Waals surface area contributed by atoms with Gasteiger partial charge < -0.3 is 5.73 Å². The van der Waals surface area contributed by atoms with E-state index in [4.69, 9.17) is 5.73 Å². The van der Waals surface area contributed by atoms with Crippen LogP contribution in [0.1, 0.15) is 5.56 Å². The minimum atomic E-state index is -3.19. The van der Waals surface area contributed by atoms with E-state index in [1.165, 1.54) is 12.4 Å². The van der Waals surface area contributed by atoms with Gasteiger partial charge in [0.15, 0.2) is 9.84 Å². The molecule has 0 saturated carbocycles. The van der Waals surface area contributed by atoms with E-state index >= 15 is 0 Å². The molecular weight excluding hydrogens is 238 g/mol. The van der Waals surface area contributed by atoms with Crippen LogP contribution in [0.5, 0.6) is 0 Å². The zero-order chi connectivity index (χ0) is 12.5. The van der Waals surface area contributed by atoms with Gasteiger partial charge in [0, 0.05) is 18.1 Å². The van der Waals surface area contributed by atoms with Crippen molar-refractivity contribution in [3.63, 3.8) is 0 Å². The van der Waals surface area contributed by atoms with Crippen LogP contribution in [0, 0.1) is 0 Å². The second-order valence-corrected chi connectivity index (χ2v) is 5.91. The summed E-state index contributed by atoms with van der Waals surface area (Å²) in [4.78, 5) is 0.224. The highest BCUT2D eigenvalue weighted by Crippen LogP contribution is 2.10. The van der Waals surface area contributed by atoms with Crippen LogP contribution in [0.3, 0.4) is 0 Å². The van der Waals surface area contributed by atoms with Crippen molar-refractivity contribution in [2.45, 2.75) is 11.4 Å². The number of sulfone groups is 1. The van der Waals surface area contributed by atoms with Crippen LogP contribution in [0.15, 0.2) is 41.6 Å². The first-order valence-corrected chi connectivity index (χ1v) is 6.91. The smallest absolute Gasteiger partial charge is 0.178 e. The Hall–Kier alpha value is -1.82. The number of anilines is 1. The molecule has 0 saturated heterocycles. The molecule has 0 radical (unpaired) electrons. The summed E-state index contributed by atoms with van der Waals surface area (Å²) < 4.78 is 24.1. The number of rotatable bonds is 3. The Morgan fingerprint density at radius 1 is 1.41 bits per heavy atom. The van der Waals surface area contributed by atoms with Gasteiger partial charge in [0.25, 0.3) is 0 Å². The SMILES string of the molecule is CS(=O)(=O)c1cnn(Cc2cccc(N)c2)c1. The van der Waals surface area contributed by atoms with Crippen LogP contribution < -0.4 is 5.73 Å². The Balaban J connectivity index is 2.23. The van der Waals surface area contributed by atoms with E-state index in [2.05, 4.69) is 5.10 Å². The van der Waals surface area contributed by atoms with Crippen molar-refractivity contribution in [3.05, 3.63) is 42.2 Å². The molecule has 1 aromatic carbocycles. The van der Waals surface area contributed by atoms with Crippen molar-refractivity contribution in [3.8, 4) is 0 Å². The highest BCUT2D eigenvalue weighted by atomic mass is 32.2. The molecule has 0 aliphatic carbocycles. The first-order chi connectivity index (χ1) is 7.95. The highest BCUT2D eigenvalue weighted by molar-refractivity contribution is 7.90. The topological polar surface area (TPSA) is 78.0 Å². The molecular formula is C11H13N3O2S. The number of aromatic nitrogens is 2. The third kappa shape index (κ3) is 2.85. The largest absolute Gasteiger partial charge is 0.399 e. The maximum atomic E-state index is 11.3. The van der Waals surface area contributed by atoms with Gasteiger partial charge in [-0.25, -0.2) is 8.42 Å². The first-order valence-electron chi connectivity index (χ1n) is 5.02. The van der Waals surface area contributed by atoms with Gasteiger partial charge in [-0.15, -0.1) is 0 Å². The van der Waals surface area contributed by atoms with E-state index in [0.717, 1.165) is 11.8 Å². The Morgan fingerprint density at radius 2 is 2.18 bits per heavy atom. The molecule has 2 aromatic rings. The fraction of sp³-hybridized carbons (Fsp3) is 0.182. The number of benzene rings is 1. The molecule has 0 aliphatic heterocycles. The van der Waals surface area contributed by atoms with Gasteiger partial charge in [0.2, 0.25) is 0 Å². The molecule has 0 unspecified atom stereocenters. The molecule has 2 N–H and O–H groups in total. The van der Waals surface area contributed by atoms with E-state index in [0.29, 0.717) is 12.2 Å². The molecule has 0 bridgehead atoms. The summed E-state index contributed by atoms with van der Waals surface area (Å²) in [5, 5.41) is 4.00. The minimum Gasteiger partial charge on any atom is -0.399 e. The predicted octanol–water partition coefficient (Wildman–Crippen LogP) is 0.917. The monoisotopic (exact) mass is 251 g/mol. The molecule has 0 amide bonds. The van der Waals surface area contributed by atoms with E-state index in [-0.39, 0.29) is 4.90 Å². The normalized spacial score (nSPS) is 11.6. The Labute approximate surface area is 99.8 Å². The summed E-state index contributed by atoms with van der Waals surface area (Å²) in [5.41, 5.74) is 7.32. The summed E-state index contributed by atoms with van der Waals surface area (Å²) in [6.45, 7) is 0.501. The van der Waals surface area contributed by atoms with Gasteiger partial charge in [-0.1, -0.05) is 12.1 Å². The molecule has 0 spiro atoms. The van der Waals surface area contributed by atoms with Gasteiger partial charge in [-0.05, 0) is 17.7 Å². The lowest BCUT2D eigenvalue weighted by atomic mass is 10.2. The summed E-state index contributed by atoms with van der Waals surface area (Å²) in [5.74, 6) is 0. The predicted molar refractivity (Wildman–Crippen MR) is 65.3 cm³/mol. The minimum absolute atomic E-state index is 0.224. The van der Waals surface area contributed by atoms with Gasteiger partial charge in [-0.2, -0.15) is 5.10 Å². The fourth-order valence-electron chi connectivity index (χ4n) is 1.50.